The molecule has 114 valence electrons. The van der Waals surface area contributed by atoms with Crippen molar-refractivity contribution in [1.29, 1.82) is 0 Å². The van der Waals surface area contributed by atoms with Gasteiger partial charge in [-0.2, -0.15) is 0 Å². The first-order chi connectivity index (χ1) is 8.29. The maximum absolute atomic E-state index is 10.1. The highest BCUT2D eigenvalue weighted by Gasteiger charge is 2.37. The van der Waals surface area contributed by atoms with Crippen molar-refractivity contribution in [1.82, 2.24) is 0 Å². The van der Waals surface area contributed by atoms with Crippen LogP contribution in [-0.4, -0.2) is 81.7 Å². The second kappa shape index (κ2) is 8.14. The molecule has 0 saturated carbocycles. The Kier molecular flexibility index (Phi) is 8.66. The smallest absolute Gasteiger partial charge is 0.466 e. The number of aliphatic hydroxyl groups is 4. The van der Waals surface area contributed by atoms with Gasteiger partial charge in [0, 0.05) is 0 Å². The second-order valence-corrected chi connectivity index (χ2v) is 4.09. The average molecular weight is 308 g/mol. The minimum Gasteiger partial charge on any atom is -0.479 e. The summed E-state index contributed by atoms with van der Waals surface area (Å²) in [5.41, 5.74) is 0. The zero-order valence-electron chi connectivity index (χ0n) is 9.01. The van der Waals surface area contributed by atoms with Crippen LogP contribution in [0.3, 0.4) is 0 Å². The molecule has 4 atom stereocenters. The number of rotatable bonds is 5. The van der Waals surface area contributed by atoms with Crippen LogP contribution in [0.4, 0.5) is 0 Å². The number of carboxylic acids is 2. The van der Waals surface area contributed by atoms with Crippen LogP contribution in [0.25, 0.3) is 0 Å². The molecule has 13 heteroatoms. The van der Waals surface area contributed by atoms with Gasteiger partial charge < -0.3 is 45.3 Å². The number of hydrogen-bond donors (Lipinski definition) is 9. The van der Waals surface area contributed by atoms with E-state index in [0.717, 1.165) is 0 Å². The fourth-order valence-corrected chi connectivity index (χ4v) is 0.666. The quantitative estimate of drug-likeness (QED) is 0.219. The van der Waals surface area contributed by atoms with Crippen molar-refractivity contribution < 1.29 is 59.5 Å². The molecule has 12 nitrogen and oxygen atoms in total. The lowest BCUT2D eigenvalue weighted by atomic mass is 10.0. The van der Waals surface area contributed by atoms with Gasteiger partial charge in [0.1, 0.15) is 12.2 Å². The molecular formula is C6H13O12P. The Balaban J connectivity index is 0. The Hall–Kier alpha value is -1.11. The van der Waals surface area contributed by atoms with Crippen molar-refractivity contribution >= 4 is 19.8 Å². The van der Waals surface area contributed by atoms with E-state index in [1.165, 1.54) is 0 Å². The molecule has 0 amide bonds. The van der Waals surface area contributed by atoms with E-state index in [-0.39, 0.29) is 0 Å². The third kappa shape index (κ3) is 10.5. The molecule has 0 fully saturated rings. The molecule has 0 spiro atoms. The van der Waals surface area contributed by atoms with Crippen LogP contribution in [0.5, 0.6) is 0 Å². The van der Waals surface area contributed by atoms with Crippen molar-refractivity contribution in [2.75, 3.05) is 0 Å². The van der Waals surface area contributed by atoms with Crippen molar-refractivity contribution in [3.8, 4) is 0 Å². The van der Waals surface area contributed by atoms with Gasteiger partial charge in [-0.25, -0.2) is 14.2 Å². The molecule has 0 aliphatic heterocycles. The Bertz CT molecular complexity index is 316. The van der Waals surface area contributed by atoms with Crippen molar-refractivity contribution in [3.63, 3.8) is 0 Å². The minimum atomic E-state index is -4.64. The Labute approximate surface area is 105 Å². The van der Waals surface area contributed by atoms with Crippen LogP contribution in [0.1, 0.15) is 0 Å². The average Bonchev–Trinajstić information content (AvgIpc) is 2.22. The number of aliphatic carboxylic acids is 2. The minimum absolute atomic E-state index is 1.84. The van der Waals surface area contributed by atoms with Gasteiger partial charge in [0.25, 0.3) is 0 Å². The summed E-state index contributed by atoms with van der Waals surface area (Å²) in [6, 6.07) is 0. The first-order valence-corrected chi connectivity index (χ1v) is 5.81. The van der Waals surface area contributed by atoms with Gasteiger partial charge in [-0.05, 0) is 0 Å². The normalized spacial score (nSPS) is 17.4. The van der Waals surface area contributed by atoms with E-state index in [9.17, 15) is 9.59 Å². The zero-order valence-corrected chi connectivity index (χ0v) is 9.90. The molecule has 0 aliphatic carbocycles. The third-order valence-electron chi connectivity index (χ3n) is 1.50. The molecule has 0 radical (unpaired) electrons. The van der Waals surface area contributed by atoms with Gasteiger partial charge in [-0.3, -0.25) is 0 Å². The monoisotopic (exact) mass is 308 g/mol. The summed E-state index contributed by atoms with van der Waals surface area (Å²) >= 11 is 0. The van der Waals surface area contributed by atoms with E-state index in [0.29, 0.717) is 0 Å². The summed E-state index contributed by atoms with van der Waals surface area (Å²) < 4.78 is 8.88. The van der Waals surface area contributed by atoms with E-state index in [1.54, 1.807) is 0 Å². The summed E-state index contributed by atoms with van der Waals surface area (Å²) in [6.45, 7) is 0. The van der Waals surface area contributed by atoms with Gasteiger partial charge in [0.2, 0.25) is 0 Å². The molecule has 9 N–H and O–H groups in total. The highest BCUT2D eigenvalue weighted by Crippen LogP contribution is 2.25. The Morgan fingerprint density at radius 1 is 0.737 bits per heavy atom. The summed E-state index contributed by atoms with van der Waals surface area (Å²) in [7, 11) is -4.64. The fraction of sp³-hybridized carbons (Fsp3) is 0.667. The number of hydrogen-bond acceptors (Lipinski definition) is 7. The second-order valence-electron chi connectivity index (χ2n) is 3.06. The maximum atomic E-state index is 10.1. The van der Waals surface area contributed by atoms with E-state index >= 15 is 0 Å². The molecule has 0 aromatic carbocycles. The topological polar surface area (TPSA) is 233 Å². The van der Waals surface area contributed by atoms with E-state index in [1.807, 2.05) is 0 Å². The highest BCUT2D eigenvalue weighted by molar-refractivity contribution is 7.45. The number of phosphoric acid groups is 1. The summed E-state index contributed by atoms with van der Waals surface area (Å²) in [5, 5.41) is 51.5. The largest absolute Gasteiger partial charge is 0.479 e. The lowest BCUT2D eigenvalue weighted by Crippen LogP contribution is -2.49. The SMILES string of the molecule is O=C(O)C(O)C(O)C(O)C(O)C(=O)O.O=P(O)(O)O. The molecule has 0 rings (SSSR count). The number of carboxylic acid groups (broad SMARTS) is 2. The molecule has 0 bridgehead atoms. The predicted molar refractivity (Wildman–Crippen MR) is 53.6 cm³/mol. The summed E-state index contributed by atoms with van der Waals surface area (Å²) in [5.74, 6) is -3.68. The van der Waals surface area contributed by atoms with E-state index in [4.69, 9.17) is 49.9 Å². The fourth-order valence-electron chi connectivity index (χ4n) is 0.666. The van der Waals surface area contributed by atoms with Crippen LogP contribution in [0.15, 0.2) is 0 Å². The number of aliphatic hydroxyl groups excluding tert-OH is 4. The Morgan fingerprint density at radius 3 is 1.00 bits per heavy atom. The van der Waals surface area contributed by atoms with Gasteiger partial charge in [0.15, 0.2) is 12.2 Å². The molecule has 19 heavy (non-hydrogen) atoms. The summed E-state index contributed by atoms with van der Waals surface area (Å²) in [4.78, 5) is 41.7. The molecule has 0 aromatic heterocycles. The zero-order chi connectivity index (χ0) is 16.0. The third-order valence-corrected chi connectivity index (χ3v) is 1.50. The lowest BCUT2D eigenvalue weighted by Gasteiger charge is -2.21. The van der Waals surface area contributed by atoms with Crippen LogP contribution in [0, 0.1) is 0 Å². The molecule has 0 heterocycles. The number of carbonyl (C=O) groups is 2. The van der Waals surface area contributed by atoms with Crippen LogP contribution in [0.2, 0.25) is 0 Å². The van der Waals surface area contributed by atoms with Crippen LogP contribution >= 0.6 is 7.82 Å². The first-order valence-electron chi connectivity index (χ1n) is 4.25. The van der Waals surface area contributed by atoms with E-state index in [2.05, 4.69) is 0 Å². The van der Waals surface area contributed by atoms with Gasteiger partial charge >= 0.3 is 19.8 Å². The maximum Gasteiger partial charge on any atom is 0.466 e. The van der Waals surface area contributed by atoms with Crippen molar-refractivity contribution in [2.24, 2.45) is 0 Å². The molecule has 0 aliphatic rings. The van der Waals surface area contributed by atoms with Gasteiger partial charge in [-0.1, -0.05) is 0 Å². The van der Waals surface area contributed by atoms with Gasteiger partial charge in [-0.15, -0.1) is 0 Å². The highest BCUT2D eigenvalue weighted by atomic mass is 31.2. The summed E-state index contributed by atoms with van der Waals surface area (Å²) in [6.07, 6.45) is -9.28. The predicted octanol–water partition coefficient (Wildman–Crippen LogP) is -4.33. The Morgan fingerprint density at radius 2 is 0.895 bits per heavy atom. The van der Waals surface area contributed by atoms with E-state index < -0.39 is 44.2 Å². The first kappa shape index (κ1) is 20.2. The standard InChI is InChI=1S/C6H10O8.H3O4P/c7-1(3(9)5(11)12)2(8)4(10)6(13)14;1-5(2,3)4/h1-4,7-10H,(H,11,12)(H,13,14);(H3,1,2,3,4). The molecule has 4 unspecified atom stereocenters. The molecular weight excluding hydrogens is 295 g/mol. The van der Waals surface area contributed by atoms with Gasteiger partial charge in [0.05, 0.1) is 0 Å². The molecule has 0 saturated heterocycles. The van der Waals surface area contributed by atoms with Crippen LogP contribution in [-0.2, 0) is 14.2 Å². The van der Waals surface area contributed by atoms with Crippen molar-refractivity contribution in [3.05, 3.63) is 0 Å². The van der Waals surface area contributed by atoms with Crippen molar-refractivity contribution in [2.45, 2.75) is 24.4 Å². The van der Waals surface area contributed by atoms with Crippen LogP contribution < -0.4 is 0 Å². The molecule has 0 aromatic rings. The lowest BCUT2D eigenvalue weighted by molar-refractivity contribution is -0.172.